The van der Waals surface area contributed by atoms with Crippen LogP contribution in [0.5, 0.6) is 0 Å². The van der Waals surface area contributed by atoms with Crippen molar-refractivity contribution in [2.45, 2.75) is 27.2 Å². The smallest absolute Gasteiger partial charge is 0.0349 e. The molecule has 0 unspecified atom stereocenters. The van der Waals surface area contributed by atoms with E-state index in [1.807, 2.05) is 13.0 Å². The second-order valence-corrected chi connectivity index (χ2v) is 2.48. The predicted octanol–water partition coefficient (Wildman–Crippen LogP) is 3.48. The highest BCUT2D eigenvalue weighted by Crippen LogP contribution is 2.00. The monoisotopic (exact) mass is 136 g/mol. The van der Waals surface area contributed by atoms with Gasteiger partial charge in [0.1, 0.15) is 0 Å². The van der Waals surface area contributed by atoms with Crippen molar-refractivity contribution in [3.05, 3.63) is 36.0 Å². The minimum Gasteiger partial charge on any atom is -0.0988 e. The number of hydrogen-bond acceptors (Lipinski definition) is 0. The van der Waals surface area contributed by atoms with Crippen LogP contribution in [0.1, 0.15) is 27.2 Å². The van der Waals surface area contributed by atoms with E-state index in [1.54, 1.807) is 0 Å². The average Bonchev–Trinajstić information content (AvgIpc) is 1.99. The molecule has 0 amide bonds. The summed E-state index contributed by atoms with van der Waals surface area (Å²) in [6.45, 7) is 10.0. The molecule has 0 radical (unpaired) electrons. The van der Waals surface area contributed by atoms with Crippen LogP contribution in [0.25, 0.3) is 0 Å². The van der Waals surface area contributed by atoms with Crippen LogP contribution in [0.3, 0.4) is 0 Å². The van der Waals surface area contributed by atoms with Gasteiger partial charge in [0.05, 0.1) is 0 Å². The lowest BCUT2D eigenvalue weighted by molar-refractivity contribution is 1.10. The van der Waals surface area contributed by atoms with E-state index in [4.69, 9.17) is 0 Å². The van der Waals surface area contributed by atoms with E-state index in [0.717, 1.165) is 6.42 Å². The lowest BCUT2D eigenvalue weighted by atomic mass is 10.2. The van der Waals surface area contributed by atoms with Crippen molar-refractivity contribution in [3.8, 4) is 0 Å². The van der Waals surface area contributed by atoms with Crippen LogP contribution in [-0.2, 0) is 0 Å². The quantitative estimate of drug-likeness (QED) is 0.521. The minimum absolute atomic E-state index is 1.13. The zero-order valence-electron chi connectivity index (χ0n) is 7.15. The van der Waals surface area contributed by atoms with Crippen LogP contribution in [0.2, 0.25) is 0 Å². The maximum atomic E-state index is 3.67. The van der Waals surface area contributed by atoms with Crippen molar-refractivity contribution >= 4 is 0 Å². The van der Waals surface area contributed by atoms with Gasteiger partial charge >= 0.3 is 0 Å². The van der Waals surface area contributed by atoms with Crippen molar-refractivity contribution in [1.82, 2.24) is 0 Å². The summed E-state index contributed by atoms with van der Waals surface area (Å²) in [4.78, 5) is 0. The summed E-state index contributed by atoms with van der Waals surface area (Å²) in [5.41, 5.74) is 2.62. The Bertz CT molecular complexity index is 159. The van der Waals surface area contributed by atoms with Crippen LogP contribution in [0.4, 0.5) is 0 Å². The molecule has 0 aromatic rings. The average molecular weight is 136 g/mol. The summed E-state index contributed by atoms with van der Waals surface area (Å²) in [5, 5.41) is 0. The minimum atomic E-state index is 1.13. The van der Waals surface area contributed by atoms with Gasteiger partial charge in [-0.25, -0.2) is 0 Å². The van der Waals surface area contributed by atoms with Gasteiger partial charge < -0.3 is 0 Å². The molecule has 0 atom stereocenters. The molecule has 0 aliphatic heterocycles. The molecule has 10 heavy (non-hydrogen) atoms. The highest BCUT2D eigenvalue weighted by molar-refractivity contribution is 5.21. The van der Waals surface area contributed by atoms with Crippen LogP contribution in [0, 0.1) is 0 Å². The van der Waals surface area contributed by atoms with E-state index in [9.17, 15) is 0 Å². The van der Waals surface area contributed by atoms with Gasteiger partial charge in [0, 0.05) is 0 Å². The van der Waals surface area contributed by atoms with Gasteiger partial charge in [-0.3, -0.25) is 0 Å². The summed E-state index contributed by atoms with van der Waals surface area (Å²) in [5.74, 6) is 0. The molecule has 0 bridgehead atoms. The van der Waals surface area contributed by atoms with Gasteiger partial charge in [0.15, 0.2) is 0 Å². The van der Waals surface area contributed by atoms with Gasteiger partial charge in [-0.2, -0.15) is 0 Å². The zero-order valence-corrected chi connectivity index (χ0v) is 7.15. The fourth-order valence-corrected chi connectivity index (χ4v) is 0.460. The summed E-state index contributed by atoms with van der Waals surface area (Å²) < 4.78 is 0. The predicted molar refractivity (Wildman–Crippen MR) is 48.0 cm³/mol. The standard InChI is InChI=1S/C10H16/c1-5-9(3)7-8-10(4)6-2/h5,7-8H,1,6H2,2-4H3. The molecule has 0 aromatic carbocycles. The Morgan fingerprint density at radius 3 is 2.30 bits per heavy atom. The molecule has 0 rings (SSSR count). The van der Waals surface area contributed by atoms with E-state index in [0.29, 0.717) is 0 Å². The first-order valence-electron chi connectivity index (χ1n) is 3.67. The van der Waals surface area contributed by atoms with Crippen molar-refractivity contribution in [3.63, 3.8) is 0 Å². The second kappa shape index (κ2) is 5.04. The SMILES string of the molecule is C=CC(C)=CC=C(C)CC. The van der Waals surface area contributed by atoms with Crippen molar-refractivity contribution in [2.75, 3.05) is 0 Å². The number of allylic oxidation sites excluding steroid dienone is 5. The molecule has 0 heterocycles. The van der Waals surface area contributed by atoms with E-state index in [1.165, 1.54) is 11.1 Å². The largest absolute Gasteiger partial charge is 0.0988 e. The van der Waals surface area contributed by atoms with Crippen molar-refractivity contribution in [2.24, 2.45) is 0 Å². The summed E-state index contributed by atoms with van der Waals surface area (Å²) in [6.07, 6.45) is 7.21. The van der Waals surface area contributed by atoms with Crippen molar-refractivity contribution < 1.29 is 0 Å². The Morgan fingerprint density at radius 1 is 1.30 bits per heavy atom. The first-order chi connectivity index (χ1) is 4.70. The third-order valence-electron chi connectivity index (χ3n) is 1.51. The van der Waals surface area contributed by atoms with E-state index < -0.39 is 0 Å². The Labute approximate surface area is 64.0 Å². The van der Waals surface area contributed by atoms with Gasteiger partial charge in [-0.05, 0) is 20.3 Å². The van der Waals surface area contributed by atoms with E-state index in [2.05, 4.69) is 32.6 Å². The number of rotatable bonds is 3. The molecule has 0 N–H and O–H groups in total. The Balaban J connectivity index is 4.03. The Kier molecular flexibility index (Phi) is 4.65. The molecule has 0 nitrogen and oxygen atoms in total. The molecule has 0 saturated carbocycles. The third-order valence-corrected chi connectivity index (χ3v) is 1.51. The van der Waals surface area contributed by atoms with Crippen molar-refractivity contribution in [1.29, 1.82) is 0 Å². The molecule has 0 aliphatic rings. The lowest BCUT2D eigenvalue weighted by Crippen LogP contribution is -1.69. The Hall–Kier alpha value is -0.780. The first kappa shape index (κ1) is 9.22. The summed E-state index contributed by atoms with van der Waals surface area (Å²) in [6, 6.07) is 0. The van der Waals surface area contributed by atoms with Crippen LogP contribution in [-0.4, -0.2) is 0 Å². The van der Waals surface area contributed by atoms with Crippen LogP contribution >= 0.6 is 0 Å². The van der Waals surface area contributed by atoms with Crippen LogP contribution in [0.15, 0.2) is 36.0 Å². The highest BCUT2D eigenvalue weighted by atomic mass is 13.9. The molecule has 0 heteroatoms. The zero-order chi connectivity index (χ0) is 7.98. The van der Waals surface area contributed by atoms with Gasteiger partial charge in [-0.15, -0.1) is 0 Å². The first-order valence-corrected chi connectivity index (χ1v) is 3.67. The molecule has 56 valence electrons. The maximum Gasteiger partial charge on any atom is -0.0349 e. The van der Waals surface area contributed by atoms with Crippen LogP contribution < -0.4 is 0 Å². The van der Waals surface area contributed by atoms with Gasteiger partial charge in [-0.1, -0.05) is 42.9 Å². The molecular formula is C10H16. The second-order valence-electron chi connectivity index (χ2n) is 2.48. The Morgan fingerprint density at radius 2 is 1.90 bits per heavy atom. The summed E-state index contributed by atoms with van der Waals surface area (Å²) >= 11 is 0. The van der Waals surface area contributed by atoms with Gasteiger partial charge in [0.2, 0.25) is 0 Å². The van der Waals surface area contributed by atoms with E-state index >= 15 is 0 Å². The molecule has 0 spiro atoms. The van der Waals surface area contributed by atoms with Gasteiger partial charge in [0.25, 0.3) is 0 Å². The fourth-order valence-electron chi connectivity index (χ4n) is 0.460. The van der Waals surface area contributed by atoms with E-state index in [-0.39, 0.29) is 0 Å². The molecular weight excluding hydrogens is 120 g/mol. The molecule has 0 fully saturated rings. The highest BCUT2D eigenvalue weighted by Gasteiger charge is 1.79. The number of hydrogen-bond donors (Lipinski definition) is 0. The molecule has 0 aliphatic carbocycles. The molecule has 0 aromatic heterocycles. The topological polar surface area (TPSA) is 0 Å². The molecule has 0 saturated heterocycles. The summed E-state index contributed by atoms with van der Waals surface area (Å²) in [7, 11) is 0. The normalized spacial score (nSPS) is 13.5. The maximum absolute atomic E-state index is 3.67. The fraction of sp³-hybridized carbons (Fsp3) is 0.400. The lowest BCUT2D eigenvalue weighted by Gasteiger charge is -1.90. The third kappa shape index (κ3) is 4.13.